The van der Waals surface area contributed by atoms with Crippen LogP contribution in [0.2, 0.25) is 0 Å². The quantitative estimate of drug-likeness (QED) is 0.928. The molecule has 1 atom stereocenters. The minimum Gasteiger partial charge on any atom is -0.358 e. The molecule has 3 rings (SSSR count). The number of aryl methyl sites for hydroxylation is 1. The molecule has 1 amide bonds. The molecule has 0 spiro atoms. The van der Waals surface area contributed by atoms with E-state index < -0.39 is 9.84 Å². The van der Waals surface area contributed by atoms with Crippen molar-refractivity contribution in [1.82, 2.24) is 9.88 Å². The number of hydrogen-bond donors (Lipinski definition) is 1. The smallest absolute Gasteiger partial charge is 0.226 e. The Morgan fingerprint density at radius 3 is 2.78 bits per heavy atom. The minimum atomic E-state index is -2.90. The molecule has 0 aliphatic carbocycles. The highest BCUT2D eigenvalue weighted by Gasteiger charge is 2.29. The van der Waals surface area contributed by atoms with Gasteiger partial charge in [-0.2, -0.15) is 0 Å². The minimum absolute atomic E-state index is 0.0298. The van der Waals surface area contributed by atoms with Gasteiger partial charge in [-0.3, -0.25) is 4.79 Å². The number of amides is 1. The molecule has 0 radical (unpaired) electrons. The molecule has 1 N–H and O–H groups in total. The topological polar surface area (TPSA) is 70.2 Å². The molecular formula is C17H22N2O3S. The first-order valence-corrected chi connectivity index (χ1v) is 9.68. The largest absolute Gasteiger partial charge is 0.358 e. The van der Waals surface area contributed by atoms with Gasteiger partial charge in [-0.25, -0.2) is 8.42 Å². The number of sulfone groups is 1. The molecule has 124 valence electrons. The summed E-state index contributed by atoms with van der Waals surface area (Å²) in [6.07, 6.45) is 0.998. The van der Waals surface area contributed by atoms with Crippen LogP contribution in [-0.4, -0.2) is 49.3 Å². The second kappa shape index (κ2) is 6.00. The highest BCUT2D eigenvalue weighted by molar-refractivity contribution is 7.91. The van der Waals surface area contributed by atoms with Crippen molar-refractivity contribution < 1.29 is 13.2 Å². The molecular weight excluding hydrogens is 312 g/mol. The monoisotopic (exact) mass is 334 g/mol. The Morgan fingerprint density at radius 2 is 2.09 bits per heavy atom. The third-order valence-corrected chi connectivity index (χ3v) is 6.48. The van der Waals surface area contributed by atoms with Gasteiger partial charge in [-0.05, 0) is 30.9 Å². The number of carbonyl (C=O) groups excluding carboxylic acids is 1. The van der Waals surface area contributed by atoms with Gasteiger partial charge >= 0.3 is 0 Å². The SMILES string of the molecule is Cc1[nH]c2ccccc2c1CC(=O)N(C)CC1CCS(=O)(=O)C1. The van der Waals surface area contributed by atoms with Crippen molar-refractivity contribution in [3.63, 3.8) is 0 Å². The van der Waals surface area contributed by atoms with Crippen molar-refractivity contribution >= 4 is 26.6 Å². The van der Waals surface area contributed by atoms with E-state index in [0.29, 0.717) is 19.4 Å². The summed E-state index contributed by atoms with van der Waals surface area (Å²) >= 11 is 0. The summed E-state index contributed by atoms with van der Waals surface area (Å²) < 4.78 is 23.1. The van der Waals surface area contributed by atoms with Crippen LogP contribution in [0.15, 0.2) is 24.3 Å². The molecule has 1 aliphatic rings. The first-order valence-electron chi connectivity index (χ1n) is 7.86. The van der Waals surface area contributed by atoms with E-state index in [2.05, 4.69) is 4.98 Å². The summed E-state index contributed by atoms with van der Waals surface area (Å²) in [5, 5.41) is 1.08. The Hall–Kier alpha value is -1.82. The Balaban J connectivity index is 1.69. The molecule has 23 heavy (non-hydrogen) atoms. The number of rotatable bonds is 4. The molecule has 2 aromatic rings. The van der Waals surface area contributed by atoms with Crippen molar-refractivity contribution in [1.29, 1.82) is 0 Å². The van der Waals surface area contributed by atoms with Crippen molar-refractivity contribution in [2.24, 2.45) is 5.92 Å². The van der Waals surface area contributed by atoms with Crippen LogP contribution in [0.25, 0.3) is 10.9 Å². The number of H-pyrrole nitrogens is 1. The molecule has 0 bridgehead atoms. The fraction of sp³-hybridized carbons (Fsp3) is 0.471. The van der Waals surface area contributed by atoms with E-state index in [1.165, 1.54) is 0 Å². The van der Waals surface area contributed by atoms with E-state index >= 15 is 0 Å². The van der Waals surface area contributed by atoms with Gasteiger partial charge in [-0.15, -0.1) is 0 Å². The van der Waals surface area contributed by atoms with Gasteiger partial charge in [0.1, 0.15) is 0 Å². The summed E-state index contributed by atoms with van der Waals surface area (Å²) in [4.78, 5) is 17.5. The molecule has 1 aromatic carbocycles. The number of likely N-dealkylation sites (N-methyl/N-ethyl adjacent to an activating group) is 1. The van der Waals surface area contributed by atoms with Crippen molar-refractivity contribution in [3.05, 3.63) is 35.5 Å². The number of aromatic amines is 1. The zero-order valence-electron chi connectivity index (χ0n) is 13.5. The van der Waals surface area contributed by atoms with E-state index in [0.717, 1.165) is 22.2 Å². The summed E-state index contributed by atoms with van der Waals surface area (Å²) in [5.74, 6) is 0.554. The van der Waals surface area contributed by atoms with Gasteiger partial charge in [0.05, 0.1) is 17.9 Å². The number of carbonyl (C=O) groups is 1. The Bertz CT molecular complexity index is 839. The number of benzene rings is 1. The van der Waals surface area contributed by atoms with Crippen molar-refractivity contribution in [3.8, 4) is 0 Å². The van der Waals surface area contributed by atoms with Crippen molar-refractivity contribution in [2.45, 2.75) is 19.8 Å². The highest BCUT2D eigenvalue weighted by atomic mass is 32.2. The lowest BCUT2D eigenvalue weighted by Gasteiger charge is -2.20. The second-order valence-corrected chi connectivity index (χ2v) is 8.72. The van der Waals surface area contributed by atoms with Crippen LogP contribution in [0.5, 0.6) is 0 Å². The average Bonchev–Trinajstić information content (AvgIpc) is 2.99. The first-order chi connectivity index (χ1) is 10.9. The lowest BCUT2D eigenvalue weighted by Crippen LogP contribution is -2.33. The van der Waals surface area contributed by atoms with E-state index in [-0.39, 0.29) is 23.3 Å². The van der Waals surface area contributed by atoms with Gasteiger partial charge in [-0.1, -0.05) is 18.2 Å². The summed E-state index contributed by atoms with van der Waals surface area (Å²) in [5.41, 5.74) is 3.07. The van der Waals surface area contributed by atoms with E-state index in [1.54, 1.807) is 11.9 Å². The Morgan fingerprint density at radius 1 is 1.35 bits per heavy atom. The second-order valence-electron chi connectivity index (χ2n) is 6.49. The maximum atomic E-state index is 12.5. The normalized spacial score (nSPS) is 20.0. The molecule has 5 nitrogen and oxygen atoms in total. The zero-order valence-corrected chi connectivity index (χ0v) is 14.3. The molecule has 0 saturated carbocycles. The van der Waals surface area contributed by atoms with E-state index in [4.69, 9.17) is 0 Å². The van der Waals surface area contributed by atoms with Gasteiger partial charge in [0.25, 0.3) is 0 Å². The van der Waals surface area contributed by atoms with Gasteiger partial charge < -0.3 is 9.88 Å². The van der Waals surface area contributed by atoms with Gasteiger partial charge in [0.15, 0.2) is 9.84 Å². The maximum absolute atomic E-state index is 12.5. The van der Waals surface area contributed by atoms with Gasteiger partial charge in [0, 0.05) is 30.2 Å². The fourth-order valence-electron chi connectivity index (χ4n) is 3.35. The molecule has 1 saturated heterocycles. The predicted octanol–water partition coefficient (Wildman–Crippen LogP) is 1.91. The lowest BCUT2D eigenvalue weighted by atomic mass is 10.1. The van der Waals surface area contributed by atoms with Crippen LogP contribution in [0.3, 0.4) is 0 Å². The molecule has 2 heterocycles. The van der Waals surface area contributed by atoms with Crippen molar-refractivity contribution in [2.75, 3.05) is 25.1 Å². The molecule has 1 unspecified atom stereocenters. The third-order valence-electron chi connectivity index (χ3n) is 4.64. The molecule has 1 fully saturated rings. The van der Waals surface area contributed by atoms with Crippen LogP contribution in [0, 0.1) is 12.8 Å². The number of para-hydroxylation sites is 1. The predicted molar refractivity (Wildman–Crippen MR) is 91.1 cm³/mol. The standard InChI is InChI=1S/C17H22N2O3S/c1-12-15(14-5-3-4-6-16(14)18-12)9-17(20)19(2)10-13-7-8-23(21,22)11-13/h3-6,13,18H,7-11H2,1-2H3. The van der Waals surface area contributed by atoms with E-state index in [1.807, 2.05) is 31.2 Å². The number of nitrogens with one attached hydrogen (secondary N) is 1. The molecule has 1 aliphatic heterocycles. The fourth-order valence-corrected chi connectivity index (χ4v) is 5.20. The van der Waals surface area contributed by atoms with Crippen LogP contribution >= 0.6 is 0 Å². The number of fused-ring (bicyclic) bond motifs is 1. The lowest BCUT2D eigenvalue weighted by molar-refractivity contribution is -0.129. The Kier molecular flexibility index (Phi) is 4.19. The Labute approximate surface area is 136 Å². The molecule has 6 heteroatoms. The van der Waals surface area contributed by atoms with Gasteiger partial charge in [0.2, 0.25) is 5.91 Å². The summed E-state index contributed by atoms with van der Waals surface area (Å²) in [6.45, 7) is 2.49. The zero-order chi connectivity index (χ0) is 16.6. The number of nitrogens with zero attached hydrogens (tertiary/aromatic N) is 1. The molecule has 1 aromatic heterocycles. The van der Waals surface area contributed by atoms with Crippen LogP contribution in [0.4, 0.5) is 0 Å². The number of aromatic nitrogens is 1. The van der Waals surface area contributed by atoms with E-state index in [9.17, 15) is 13.2 Å². The van der Waals surface area contributed by atoms with Crippen LogP contribution in [-0.2, 0) is 21.1 Å². The van der Waals surface area contributed by atoms with Crippen LogP contribution < -0.4 is 0 Å². The number of hydrogen-bond acceptors (Lipinski definition) is 3. The summed E-state index contributed by atoms with van der Waals surface area (Å²) in [7, 11) is -1.13. The summed E-state index contributed by atoms with van der Waals surface area (Å²) in [6, 6.07) is 7.96. The first kappa shape index (κ1) is 16.1. The highest BCUT2D eigenvalue weighted by Crippen LogP contribution is 2.23. The maximum Gasteiger partial charge on any atom is 0.226 e. The average molecular weight is 334 g/mol. The third kappa shape index (κ3) is 3.42. The van der Waals surface area contributed by atoms with Crippen LogP contribution in [0.1, 0.15) is 17.7 Å².